The monoisotopic (exact) mass is 247 g/mol. The van der Waals surface area contributed by atoms with E-state index in [1.165, 1.54) is 6.07 Å². The zero-order valence-electron chi connectivity index (χ0n) is 9.43. The van der Waals surface area contributed by atoms with Gasteiger partial charge in [0.05, 0.1) is 0 Å². The van der Waals surface area contributed by atoms with Crippen LogP contribution in [-0.2, 0) is 19.1 Å². The van der Waals surface area contributed by atoms with Gasteiger partial charge in [-0.15, -0.1) is 0 Å². The molecular formula is C11H16F3N3. The molecule has 4 N–H and O–H groups in total. The predicted molar refractivity (Wildman–Crippen MR) is 59.1 cm³/mol. The molecule has 1 aromatic rings. The SMILES string of the molecule is NCCCCc1nc(C(F)(F)F)ccc1CN. The van der Waals surface area contributed by atoms with E-state index in [9.17, 15) is 13.2 Å². The lowest BCUT2D eigenvalue weighted by molar-refractivity contribution is -0.141. The summed E-state index contributed by atoms with van der Waals surface area (Å²) in [5.41, 5.74) is 11.0. The summed E-state index contributed by atoms with van der Waals surface area (Å²) in [6, 6.07) is 2.36. The highest BCUT2D eigenvalue weighted by atomic mass is 19.4. The van der Waals surface area contributed by atoms with Crippen molar-refractivity contribution in [2.45, 2.75) is 32.0 Å². The van der Waals surface area contributed by atoms with E-state index in [1.807, 2.05) is 0 Å². The Bertz CT molecular complexity index is 363. The summed E-state index contributed by atoms with van der Waals surface area (Å²) in [6.07, 6.45) is -2.44. The molecule has 96 valence electrons. The summed E-state index contributed by atoms with van der Waals surface area (Å²) in [6.45, 7) is 0.722. The smallest absolute Gasteiger partial charge is 0.330 e. The zero-order valence-corrected chi connectivity index (χ0v) is 9.43. The van der Waals surface area contributed by atoms with Crippen LogP contribution in [0.1, 0.15) is 29.8 Å². The second kappa shape index (κ2) is 5.97. The van der Waals surface area contributed by atoms with Crippen LogP contribution in [0.25, 0.3) is 0 Å². The number of alkyl halides is 3. The van der Waals surface area contributed by atoms with Crippen molar-refractivity contribution in [2.75, 3.05) is 6.54 Å². The van der Waals surface area contributed by atoms with Crippen LogP contribution in [0.2, 0.25) is 0 Å². The van der Waals surface area contributed by atoms with Crippen molar-refractivity contribution in [3.05, 3.63) is 29.1 Å². The van der Waals surface area contributed by atoms with E-state index in [4.69, 9.17) is 11.5 Å². The Hall–Kier alpha value is -1.14. The second-order valence-electron chi connectivity index (χ2n) is 3.75. The van der Waals surface area contributed by atoms with Crippen molar-refractivity contribution in [2.24, 2.45) is 11.5 Å². The van der Waals surface area contributed by atoms with Crippen LogP contribution in [0.4, 0.5) is 13.2 Å². The van der Waals surface area contributed by atoms with E-state index in [-0.39, 0.29) is 6.54 Å². The van der Waals surface area contributed by atoms with E-state index in [2.05, 4.69) is 4.98 Å². The Morgan fingerprint density at radius 3 is 2.35 bits per heavy atom. The van der Waals surface area contributed by atoms with Gasteiger partial charge in [0.2, 0.25) is 0 Å². The van der Waals surface area contributed by atoms with Crippen LogP contribution >= 0.6 is 0 Å². The Balaban J connectivity index is 2.90. The van der Waals surface area contributed by atoms with Crippen molar-refractivity contribution in [3.63, 3.8) is 0 Å². The Morgan fingerprint density at radius 2 is 1.82 bits per heavy atom. The quantitative estimate of drug-likeness (QED) is 0.780. The fraction of sp³-hybridized carbons (Fsp3) is 0.545. The summed E-state index contributed by atoms with van der Waals surface area (Å²) in [5.74, 6) is 0. The molecular weight excluding hydrogens is 231 g/mol. The highest BCUT2D eigenvalue weighted by molar-refractivity contribution is 5.24. The van der Waals surface area contributed by atoms with Gasteiger partial charge in [-0.2, -0.15) is 13.2 Å². The van der Waals surface area contributed by atoms with E-state index < -0.39 is 11.9 Å². The van der Waals surface area contributed by atoms with Gasteiger partial charge in [-0.05, 0) is 37.4 Å². The minimum Gasteiger partial charge on any atom is -0.330 e. The lowest BCUT2D eigenvalue weighted by Gasteiger charge is -2.11. The van der Waals surface area contributed by atoms with Gasteiger partial charge in [0.25, 0.3) is 0 Å². The maximum atomic E-state index is 12.5. The highest BCUT2D eigenvalue weighted by Gasteiger charge is 2.32. The number of hydrogen-bond acceptors (Lipinski definition) is 3. The van der Waals surface area contributed by atoms with Crippen LogP contribution in [0.15, 0.2) is 12.1 Å². The van der Waals surface area contributed by atoms with E-state index in [0.717, 1.165) is 18.9 Å². The first-order valence-corrected chi connectivity index (χ1v) is 5.45. The van der Waals surface area contributed by atoms with Crippen LogP contribution in [-0.4, -0.2) is 11.5 Å². The number of halogens is 3. The molecule has 0 amide bonds. The molecule has 0 saturated heterocycles. The van der Waals surface area contributed by atoms with Crippen LogP contribution in [0, 0.1) is 0 Å². The van der Waals surface area contributed by atoms with Gasteiger partial charge in [0, 0.05) is 12.2 Å². The maximum Gasteiger partial charge on any atom is 0.433 e. The van der Waals surface area contributed by atoms with E-state index in [1.54, 1.807) is 0 Å². The number of pyridine rings is 1. The first-order chi connectivity index (χ1) is 7.99. The molecule has 1 rings (SSSR count). The summed E-state index contributed by atoms with van der Waals surface area (Å²) >= 11 is 0. The Morgan fingerprint density at radius 1 is 1.12 bits per heavy atom. The molecule has 17 heavy (non-hydrogen) atoms. The van der Waals surface area contributed by atoms with Gasteiger partial charge in [-0.25, -0.2) is 4.98 Å². The van der Waals surface area contributed by atoms with Crippen molar-refractivity contribution in [1.82, 2.24) is 4.98 Å². The first-order valence-electron chi connectivity index (χ1n) is 5.45. The molecule has 0 spiro atoms. The van der Waals surface area contributed by atoms with Crippen LogP contribution in [0.5, 0.6) is 0 Å². The maximum absolute atomic E-state index is 12.5. The third kappa shape index (κ3) is 3.98. The van der Waals surface area contributed by atoms with Crippen molar-refractivity contribution >= 4 is 0 Å². The molecule has 0 aliphatic carbocycles. The molecule has 3 nitrogen and oxygen atoms in total. The van der Waals surface area contributed by atoms with Gasteiger partial charge in [-0.3, -0.25) is 0 Å². The van der Waals surface area contributed by atoms with Crippen molar-refractivity contribution in [3.8, 4) is 0 Å². The minimum atomic E-state index is -4.41. The van der Waals surface area contributed by atoms with Gasteiger partial charge >= 0.3 is 6.18 Å². The van der Waals surface area contributed by atoms with Gasteiger partial charge < -0.3 is 11.5 Å². The number of rotatable bonds is 5. The average molecular weight is 247 g/mol. The highest BCUT2D eigenvalue weighted by Crippen LogP contribution is 2.28. The van der Waals surface area contributed by atoms with Crippen molar-refractivity contribution in [1.29, 1.82) is 0 Å². The molecule has 0 aliphatic heterocycles. The number of aromatic nitrogens is 1. The molecule has 0 aromatic carbocycles. The fourth-order valence-corrected chi connectivity index (χ4v) is 1.53. The van der Waals surface area contributed by atoms with E-state index in [0.29, 0.717) is 24.2 Å². The normalized spacial score (nSPS) is 11.8. The molecule has 1 aromatic heterocycles. The largest absolute Gasteiger partial charge is 0.433 e. The van der Waals surface area contributed by atoms with Crippen molar-refractivity contribution < 1.29 is 13.2 Å². The second-order valence-corrected chi connectivity index (χ2v) is 3.75. The summed E-state index contributed by atoms with van der Waals surface area (Å²) < 4.78 is 37.4. The number of hydrogen-bond donors (Lipinski definition) is 2. The molecule has 1 heterocycles. The van der Waals surface area contributed by atoms with Crippen LogP contribution < -0.4 is 11.5 Å². The van der Waals surface area contributed by atoms with Gasteiger partial charge in [0.15, 0.2) is 0 Å². The molecule has 6 heteroatoms. The third-order valence-corrected chi connectivity index (χ3v) is 2.45. The Kier molecular flexibility index (Phi) is 4.89. The zero-order chi connectivity index (χ0) is 12.9. The number of unbranched alkanes of at least 4 members (excludes halogenated alkanes) is 1. The summed E-state index contributed by atoms with van der Waals surface area (Å²) in [7, 11) is 0. The summed E-state index contributed by atoms with van der Waals surface area (Å²) in [4.78, 5) is 3.64. The number of aryl methyl sites for hydroxylation is 1. The first kappa shape index (κ1) is 13.9. The number of nitrogens with two attached hydrogens (primary N) is 2. The topological polar surface area (TPSA) is 64.9 Å². The fourth-order valence-electron chi connectivity index (χ4n) is 1.53. The lowest BCUT2D eigenvalue weighted by atomic mass is 10.1. The lowest BCUT2D eigenvalue weighted by Crippen LogP contribution is -2.13. The van der Waals surface area contributed by atoms with Gasteiger partial charge in [-0.1, -0.05) is 6.07 Å². The molecule has 0 unspecified atom stereocenters. The predicted octanol–water partition coefficient (Wildman–Crippen LogP) is 1.84. The standard InChI is InChI=1S/C11H16F3N3/c12-11(13,14)10-5-4-8(7-16)9(17-10)3-1-2-6-15/h4-5H,1-3,6-7,15-16H2. The minimum absolute atomic E-state index is 0.198. The number of nitrogens with zero attached hydrogens (tertiary/aromatic N) is 1. The van der Waals surface area contributed by atoms with Crippen LogP contribution in [0.3, 0.4) is 0 Å². The molecule has 0 bridgehead atoms. The summed E-state index contributed by atoms with van der Waals surface area (Å²) in [5, 5.41) is 0. The molecule has 0 atom stereocenters. The van der Waals surface area contributed by atoms with E-state index >= 15 is 0 Å². The van der Waals surface area contributed by atoms with Gasteiger partial charge in [0.1, 0.15) is 5.69 Å². The average Bonchev–Trinajstić information content (AvgIpc) is 2.28. The molecule has 0 aliphatic rings. The Labute approximate surface area is 98.0 Å². The molecule has 0 radical (unpaired) electrons. The molecule has 0 saturated carbocycles. The third-order valence-electron chi connectivity index (χ3n) is 2.45. The molecule has 0 fully saturated rings.